The monoisotopic (exact) mass is 432 g/mol. The first-order chi connectivity index (χ1) is 14.9. The lowest BCUT2D eigenvalue weighted by atomic mass is 9.68. The smallest absolute Gasteiger partial charge is 0.315 e. The van der Waals surface area contributed by atoms with Gasteiger partial charge in [-0.15, -0.1) is 0 Å². The standard InChI is InChI=1S/C23H36N4O4/c1-13-12-26(22(29)21-4-3-9-31-21)20-11-16(6-8-19(20)27(13)14(2)28)15-5-7-17-18(10-15)25-23(30)24-17/h13,15-21H,3-12H2,1-2H3,(H2,24,25,30)/t13-,15?,16?,17?,18?,19?,20?,21?/m0/s1. The van der Waals surface area contributed by atoms with E-state index in [-0.39, 0.29) is 54.2 Å². The molecule has 0 aromatic heterocycles. The lowest BCUT2D eigenvalue weighted by Crippen LogP contribution is -2.68. The first-order valence-electron chi connectivity index (χ1n) is 12.2. The number of carbonyl (C=O) groups excluding carboxylic acids is 3. The molecule has 3 heterocycles. The van der Waals surface area contributed by atoms with Gasteiger partial charge in [-0.1, -0.05) is 0 Å². The number of urea groups is 1. The van der Waals surface area contributed by atoms with Crippen molar-refractivity contribution in [2.45, 2.75) is 102 Å². The van der Waals surface area contributed by atoms with Gasteiger partial charge < -0.3 is 25.2 Å². The second-order valence-electron chi connectivity index (χ2n) is 10.4. The summed E-state index contributed by atoms with van der Waals surface area (Å²) in [7, 11) is 0. The lowest BCUT2D eigenvalue weighted by molar-refractivity contribution is -0.160. The minimum absolute atomic E-state index is 0.0361. The summed E-state index contributed by atoms with van der Waals surface area (Å²) in [6, 6.07) is 0.675. The predicted octanol–water partition coefficient (Wildman–Crippen LogP) is 1.63. The molecule has 0 aromatic carbocycles. The first-order valence-corrected chi connectivity index (χ1v) is 12.2. The SMILES string of the molecule is CC(=O)N1C2CCC(C3CCC4NC(=O)NC4C3)CC2N(C(=O)C2CCCO2)C[C@@H]1C. The van der Waals surface area contributed by atoms with Gasteiger partial charge in [-0.2, -0.15) is 0 Å². The van der Waals surface area contributed by atoms with Crippen molar-refractivity contribution in [3.8, 4) is 0 Å². The number of rotatable bonds is 2. The molecule has 7 unspecified atom stereocenters. The highest BCUT2D eigenvalue weighted by Crippen LogP contribution is 2.43. The molecular weight excluding hydrogens is 396 g/mol. The van der Waals surface area contributed by atoms with Gasteiger partial charge in [-0.05, 0) is 70.1 Å². The van der Waals surface area contributed by atoms with Crippen LogP contribution in [0.3, 0.4) is 0 Å². The van der Waals surface area contributed by atoms with E-state index in [0.717, 1.165) is 51.4 Å². The van der Waals surface area contributed by atoms with Crippen LogP contribution in [0.25, 0.3) is 0 Å². The van der Waals surface area contributed by atoms with Crippen molar-refractivity contribution in [3.63, 3.8) is 0 Å². The van der Waals surface area contributed by atoms with Crippen molar-refractivity contribution in [3.05, 3.63) is 0 Å². The molecule has 2 aliphatic carbocycles. The molecule has 0 aromatic rings. The summed E-state index contributed by atoms with van der Waals surface area (Å²) in [5.74, 6) is 1.33. The Hall–Kier alpha value is -1.83. The highest BCUT2D eigenvalue weighted by atomic mass is 16.5. The fraction of sp³-hybridized carbons (Fsp3) is 0.870. The largest absolute Gasteiger partial charge is 0.368 e. The Labute approximate surface area is 184 Å². The van der Waals surface area contributed by atoms with Crippen molar-refractivity contribution in [1.29, 1.82) is 0 Å². The Morgan fingerprint density at radius 3 is 2.45 bits per heavy atom. The number of carbonyl (C=O) groups is 3. The van der Waals surface area contributed by atoms with E-state index in [4.69, 9.17) is 4.74 Å². The Morgan fingerprint density at radius 1 is 0.968 bits per heavy atom. The van der Waals surface area contributed by atoms with Gasteiger partial charge in [0.1, 0.15) is 6.10 Å². The molecule has 172 valence electrons. The number of hydrogen-bond donors (Lipinski definition) is 2. The average molecular weight is 433 g/mol. The predicted molar refractivity (Wildman–Crippen MR) is 114 cm³/mol. The minimum Gasteiger partial charge on any atom is -0.368 e. The van der Waals surface area contributed by atoms with Crippen LogP contribution < -0.4 is 10.6 Å². The van der Waals surface area contributed by atoms with Gasteiger partial charge >= 0.3 is 6.03 Å². The second-order valence-corrected chi connectivity index (χ2v) is 10.4. The van der Waals surface area contributed by atoms with E-state index in [2.05, 4.69) is 22.5 Å². The molecule has 3 saturated heterocycles. The number of ether oxygens (including phenoxy) is 1. The Kier molecular flexibility index (Phi) is 5.61. The summed E-state index contributed by atoms with van der Waals surface area (Å²) in [5.41, 5.74) is 0. The van der Waals surface area contributed by atoms with Crippen LogP contribution in [0.15, 0.2) is 0 Å². The topological polar surface area (TPSA) is 91.0 Å². The summed E-state index contributed by atoms with van der Waals surface area (Å²) in [6.45, 7) is 4.99. The van der Waals surface area contributed by atoms with E-state index in [1.54, 1.807) is 6.92 Å². The van der Waals surface area contributed by atoms with Gasteiger partial charge in [-0.3, -0.25) is 9.59 Å². The molecule has 8 atom stereocenters. The van der Waals surface area contributed by atoms with Gasteiger partial charge in [-0.25, -0.2) is 4.79 Å². The minimum atomic E-state index is -0.313. The van der Waals surface area contributed by atoms with Crippen LogP contribution in [-0.4, -0.2) is 77.1 Å². The zero-order chi connectivity index (χ0) is 21.7. The molecule has 5 rings (SSSR count). The van der Waals surface area contributed by atoms with E-state index in [0.29, 0.717) is 25.0 Å². The molecule has 2 N–H and O–H groups in total. The third-order valence-corrected chi connectivity index (χ3v) is 8.56. The maximum Gasteiger partial charge on any atom is 0.315 e. The van der Waals surface area contributed by atoms with Crippen LogP contribution in [0.1, 0.15) is 65.2 Å². The maximum atomic E-state index is 13.4. The zero-order valence-electron chi connectivity index (χ0n) is 18.7. The van der Waals surface area contributed by atoms with Crippen LogP contribution in [0.2, 0.25) is 0 Å². The Bertz CT molecular complexity index is 739. The van der Waals surface area contributed by atoms with Crippen molar-refractivity contribution in [2.24, 2.45) is 11.8 Å². The summed E-state index contributed by atoms with van der Waals surface area (Å²) in [6.07, 6.45) is 7.58. The summed E-state index contributed by atoms with van der Waals surface area (Å²) in [4.78, 5) is 41.7. The molecule has 5 fully saturated rings. The summed E-state index contributed by atoms with van der Waals surface area (Å²) < 4.78 is 5.74. The van der Waals surface area contributed by atoms with Gasteiger partial charge in [0.05, 0.1) is 24.2 Å². The molecule has 5 aliphatic rings. The van der Waals surface area contributed by atoms with Crippen molar-refractivity contribution in [1.82, 2.24) is 20.4 Å². The highest BCUT2D eigenvalue weighted by molar-refractivity contribution is 5.82. The molecule has 3 aliphatic heterocycles. The van der Waals surface area contributed by atoms with Gasteiger partial charge in [0.2, 0.25) is 5.91 Å². The third kappa shape index (κ3) is 3.81. The third-order valence-electron chi connectivity index (χ3n) is 8.56. The summed E-state index contributed by atoms with van der Waals surface area (Å²) >= 11 is 0. The fourth-order valence-electron chi connectivity index (χ4n) is 7.18. The lowest BCUT2D eigenvalue weighted by Gasteiger charge is -2.55. The molecule has 8 nitrogen and oxygen atoms in total. The average Bonchev–Trinajstić information content (AvgIpc) is 3.40. The quantitative estimate of drug-likeness (QED) is 0.694. The van der Waals surface area contributed by atoms with Gasteiger partial charge in [0, 0.05) is 26.1 Å². The van der Waals surface area contributed by atoms with Crippen LogP contribution in [0, 0.1) is 11.8 Å². The molecule has 0 spiro atoms. The molecule has 31 heavy (non-hydrogen) atoms. The second kappa shape index (κ2) is 8.26. The van der Waals surface area contributed by atoms with Crippen LogP contribution in [0.5, 0.6) is 0 Å². The van der Waals surface area contributed by atoms with E-state index in [9.17, 15) is 14.4 Å². The van der Waals surface area contributed by atoms with Gasteiger partial charge in [0.25, 0.3) is 5.91 Å². The molecule has 0 radical (unpaired) electrons. The van der Waals surface area contributed by atoms with Crippen LogP contribution in [-0.2, 0) is 14.3 Å². The first kappa shape index (κ1) is 21.0. The van der Waals surface area contributed by atoms with Crippen molar-refractivity contribution >= 4 is 17.8 Å². The fourth-order valence-corrected chi connectivity index (χ4v) is 7.18. The van der Waals surface area contributed by atoms with E-state index >= 15 is 0 Å². The van der Waals surface area contributed by atoms with Crippen LogP contribution in [0.4, 0.5) is 4.79 Å². The number of hydrogen-bond acceptors (Lipinski definition) is 4. The van der Waals surface area contributed by atoms with Crippen molar-refractivity contribution < 1.29 is 19.1 Å². The summed E-state index contributed by atoms with van der Waals surface area (Å²) in [5, 5.41) is 6.13. The molecular formula is C23H36N4O4. The number of amides is 4. The Balaban J connectivity index is 1.34. The number of piperazine rings is 1. The Morgan fingerprint density at radius 2 is 1.71 bits per heavy atom. The number of nitrogens with one attached hydrogen (secondary N) is 2. The van der Waals surface area contributed by atoms with Crippen LogP contribution >= 0.6 is 0 Å². The molecule has 4 amide bonds. The molecule has 0 bridgehead atoms. The van der Waals surface area contributed by atoms with Crippen molar-refractivity contribution in [2.75, 3.05) is 13.2 Å². The number of nitrogens with zero attached hydrogens (tertiary/aromatic N) is 2. The van der Waals surface area contributed by atoms with E-state index in [1.807, 2.05) is 4.90 Å². The molecule has 8 heteroatoms. The number of fused-ring (bicyclic) bond motifs is 2. The molecule has 2 saturated carbocycles. The normalized spacial score (nSPS) is 42.5. The maximum absolute atomic E-state index is 13.4. The van der Waals surface area contributed by atoms with E-state index in [1.165, 1.54) is 0 Å². The van der Waals surface area contributed by atoms with E-state index < -0.39 is 0 Å². The highest BCUT2D eigenvalue weighted by Gasteiger charge is 2.49. The van der Waals surface area contributed by atoms with Gasteiger partial charge in [0.15, 0.2) is 0 Å². The zero-order valence-corrected chi connectivity index (χ0v) is 18.7.